The SMILES string of the molecule is C[Si](C)(C)CCOCn1c(O[C@@H]2CO[C@H]3[C@@H]2OC[C@H]3O)nc2nc(C3=CCS(=O)(=O)C3)c(Cl)cc21. The second kappa shape index (κ2) is 9.40. The van der Waals surface area contributed by atoms with E-state index in [4.69, 9.17) is 30.5 Å². The van der Waals surface area contributed by atoms with Gasteiger partial charge in [-0.3, -0.25) is 4.57 Å². The summed E-state index contributed by atoms with van der Waals surface area (Å²) in [6.07, 6.45) is -0.320. The predicted octanol–water partition coefficient (Wildman–Crippen LogP) is 2.11. The van der Waals surface area contributed by atoms with Crippen molar-refractivity contribution in [1.82, 2.24) is 14.5 Å². The number of hydrogen-bond donors (Lipinski definition) is 1. The van der Waals surface area contributed by atoms with E-state index >= 15 is 0 Å². The molecule has 0 amide bonds. The van der Waals surface area contributed by atoms with Gasteiger partial charge in [-0.2, -0.15) is 4.98 Å². The largest absolute Gasteiger partial charge is 0.456 e. The van der Waals surface area contributed by atoms with Gasteiger partial charge in [-0.25, -0.2) is 13.4 Å². The molecule has 0 aliphatic carbocycles. The van der Waals surface area contributed by atoms with Crippen LogP contribution >= 0.6 is 11.6 Å². The summed E-state index contributed by atoms with van der Waals surface area (Å²) in [5, 5.41) is 10.4. The Hall–Kier alpha value is -1.54. The van der Waals surface area contributed by atoms with Crippen LogP contribution in [0, 0.1) is 0 Å². The van der Waals surface area contributed by atoms with Gasteiger partial charge in [0.15, 0.2) is 21.6 Å². The number of imidazole rings is 1. The van der Waals surface area contributed by atoms with Gasteiger partial charge in [-0.1, -0.05) is 37.3 Å². The van der Waals surface area contributed by atoms with Gasteiger partial charge in [0.25, 0.3) is 0 Å². The molecule has 192 valence electrons. The van der Waals surface area contributed by atoms with Gasteiger partial charge in [-0.05, 0) is 17.7 Å². The number of sulfone groups is 1. The molecule has 0 aromatic carbocycles. The monoisotopic (exact) mass is 543 g/mol. The van der Waals surface area contributed by atoms with Gasteiger partial charge >= 0.3 is 6.01 Å². The maximum Gasteiger partial charge on any atom is 0.301 e. The Bertz CT molecular complexity index is 1260. The standard InChI is InChI=1S/C22H30ClN3O7SSi/c1-35(2,3)7-5-30-12-26-15-8-14(23)18(13-4-6-34(28,29)11-13)24-21(15)25-22(26)33-17-10-32-19-16(27)9-31-20(17)19/h4,8,16-17,19-20,27H,5-7,9-12H2,1-3H3/t16-,17-,19-,20-/m1/s1. The van der Waals surface area contributed by atoms with Crippen LogP contribution in [-0.2, 0) is 30.8 Å². The molecule has 13 heteroatoms. The van der Waals surface area contributed by atoms with Crippen molar-refractivity contribution in [3.8, 4) is 6.01 Å². The Kier molecular flexibility index (Phi) is 6.75. The third kappa shape index (κ3) is 5.29. The van der Waals surface area contributed by atoms with E-state index in [0.29, 0.717) is 34.1 Å². The molecule has 0 saturated carbocycles. The molecule has 5 rings (SSSR count). The molecular weight excluding hydrogens is 514 g/mol. The second-order valence-electron chi connectivity index (χ2n) is 10.4. The van der Waals surface area contributed by atoms with Crippen molar-refractivity contribution in [2.75, 3.05) is 31.3 Å². The third-order valence-corrected chi connectivity index (χ3v) is 9.80. The van der Waals surface area contributed by atoms with Gasteiger partial charge in [0.1, 0.15) is 25.0 Å². The lowest BCUT2D eigenvalue weighted by Gasteiger charge is -2.19. The summed E-state index contributed by atoms with van der Waals surface area (Å²) >= 11 is 6.55. The fourth-order valence-electron chi connectivity index (χ4n) is 4.41. The van der Waals surface area contributed by atoms with Crippen molar-refractivity contribution in [1.29, 1.82) is 0 Å². The highest BCUT2D eigenvalue weighted by Gasteiger charge is 2.49. The highest BCUT2D eigenvalue weighted by molar-refractivity contribution is 7.92. The van der Waals surface area contributed by atoms with Crippen LogP contribution in [0.25, 0.3) is 16.7 Å². The van der Waals surface area contributed by atoms with Crippen molar-refractivity contribution < 1.29 is 32.5 Å². The average Bonchev–Trinajstić information content (AvgIpc) is 3.51. The fourth-order valence-corrected chi connectivity index (χ4v) is 6.73. The molecule has 35 heavy (non-hydrogen) atoms. The minimum absolute atomic E-state index is 0.0256. The smallest absolute Gasteiger partial charge is 0.301 e. The molecule has 2 aromatic heterocycles. The third-order valence-electron chi connectivity index (χ3n) is 6.38. The Labute approximate surface area is 210 Å². The molecule has 1 N–H and O–H groups in total. The summed E-state index contributed by atoms with van der Waals surface area (Å²) in [5.74, 6) is -0.126. The number of aliphatic hydroxyl groups excluding tert-OH is 1. The molecule has 0 spiro atoms. The van der Waals surface area contributed by atoms with Gasteiger partial charge in [0.05, 0.1) is 41.0 Å². The zero-order valence-electron chi connectivity index (χ0n) is 19.9. The predicted molar refractivity (Wildman–Crippen MR) is 133 cm³/mol. The van der Waals surface area contributed by atoms with Crippen LogP contribution < -0.4 is 4.74 Å². The number of fused-ring (bicyclic) bond motifs is 2. The van der Waals surface area contributed by atoms with Gasteiger partial charge < -0.3 is 24.1 Å². The molecule has 3 aliphatic heterocycles. The molecule has 0 unspecified atom stereocenters. The molecular formula is C22H30ClN3O7SSi. The zero-order chi connectivity index (χ0) is 25.0. The number of pyridine rings is 1. The number of rotatable bonds is 8. The molecule has 2 aromatic rings. The Morgan fingerprint density at radius 2 is 2.00 bits per heavy atom. The first-order chi connectivity index (χ1) is 16.5. The molecule has 2 fully saturated rings. The summed E-state index contributed by atoms with van der Waals surface area (Å²) in [6, 6.07) is 3.00. The molecule has 3 aliphatic rings. The highest BCUT2D eigenvalue weighted by Crippen LogP contribution is 2.34. The van der Waals surface area contributed by atoms with Crippen LogP contribution in [0.1, 0.15) is 5.69 Å². The second-order valence-corrected chi connectivity index (χ2v) is 18.6. The number of ether oxygens (including phenoxy) is 4. The van der Waals surface area contributed by atoms with Crippen LogP contribution in [0.15, 0.2) is 12.1 Å². The van der Waals surface area contributed by atoms with Crippen molar-refractivity contribution in [3.63, 3.8) is 0 Å². The Morgan fingerprint density at radius 1 is 1.23 bits per heavy atom. The topological polar surface area (TPSA) is 122 Å². The Balaban J connectivity index is 1.45. The maximum atomic E-state index is 12.0. The van der Waals surface area contributed by atoms with E-state index in [2.05, 4.69) is 29.6 Å². The normalized spacial score (nSPS) is 28.0. The maximum absolute atomic E-state index is 12.0. The van der Waals surface area contributed by atoms with Crippen molar-refractivity contribution in [2.45, 2.75) is 56.8 Å². The summed E-state index contributed by atoms with van der Waals surface area (Å²) in [7, 11) is -4.45. The van der Waals surface area contributed by atoms with Gasteiger partial charge in [0, 0.05) is 14.7 Å². The first-order valence-electron chi connectivity index (χ1n) is 11.6. The lowest BCUT2D eigenvalue weighted by atomic mass is 10.1. The zero-order valence-corrected chi connectivity index (χ0v) is 22.5. The summed E-state index contributed by atoms with van der Waals surface area (Å²) < 4.78 is 49.2. The van der Waals surface area contributed by atoms with Crippen molar-refractivity contribution in [2.24, 2.45) is 0 Å². The first-order valence-corrected chi connectivity index (χ1v) is 17.5. The molecule has 2 saturated heterocycles. The number of aliphatic hydroxyl groups is 1. The average molecular weight is 544 g/mol. The summed E-state index contributed by atoms with van der Waals surface area (Å²) in [4.78, 5) is 9.19. The van der Waals surface area contributed by atoms with Crippen LogP contribution in [0.5, 0.6) is 6.01 Å². The first kappa shape index (κ1) is 25.1. The molecule has 0 bridgehead atoms. The van der Waals surface area contributed by atoms with E-state index in [0.717, 1.165) is 6.04 Å². The molecule has 4 atom stereocenters. The van der Waals surface area contributed by atoms with E-state index in [-0.39, 0.29) is 37.5 Å². The van der Waals surface area contributed by atoms with E-state index in [1.54, 1.807) is 16.7 Å². The van der Waals surface area contributed by atoms with Gasteiger partial charge in [0.2, 0.25) is 0 Å². The van der Waals surface area contributed by atoms with E-state index in [9.17, 15) is 13.5 Å². The van der Waals surface area contributed by atoms with Crippen LogP contribution in [0.4, 0.5) is 0 Å². The van der Waals surface area contributed by atoms with Crippen molar-refractivity contribution in [3.05, 3.63) is 22.9 Å². The van der Waals surface area contributed by atoms with E-state index in [1.807, 2.05) is 0 Å². The number of aromatic nitrogens is 3. The number of halogens is 1. The van der Waals surface area contributed by atoms with Crippen LogP contribution in [-0.4, -0.2) is 91.9 Å². The van der Waals surface area contributed by atoms with Gasteiger partial charge in [-0.15, -0.1) is 0 Å². The lowest BCUT2D eigenvalue weighted by molar-refractivity contribution is 0.00339. The quantitative estimate of drug-likeness (QED) is 0.394. The van der Waals surface area contributed by atoms with Crippen LogP contribution in [0.2, 0.25) is 30.7 Å². The fraction of sp³-hybridized carbons (Fsp3) is 0.636. The summed E-state index contributed by atoms with van der Waals surface area (Å²) in [6.45, 7) is 8.11. The lowest BCUT2D eigenvalue weighted by Crippen LogP contribution is -2.35. The molecule has 10 nitrogen and oxygen atoms in total. The molecule has 5 heterocycles. The van der Waals surface area contributed by atoms with Crippen LogP contribution in [0.3, 0.4) is 0 Å². The minimum Gasteiger partial charge on any atom is -0.456 e. The number of hydrogen-bond acceptors (Lipinski definition) is 9. The highest BCUT2D eigenvalue weighted by atomic mass is 35.5. The number of nitrogens with zero attached hydrogens (tertiary/aromatic N) is 3. The minimum atomic E-state index is -3.18. The van der Waals surface area contributed by atoms with E-state index < -0.39 is 42.3 Å². The molecule has 0 radical (unpaired) electrons. The summed E-state index contributed by atoms with van der Waals surface area (Å²) in [5.41, 5.74) is 1.97. The van der Waals surface area contributed by atoms with Crippen molar-refractivity contribution >= 4 is 46.2 Å². The Morgan fingerprint density at radius 3 is 2.71 bits per heavy atom. The van der Waals surface area contributed by atoms with E-state index in [1.165, 1.54) is 0 Å².